The minimum atomic E-state index is -0.0565. The van der Waals surface area contributed by atoms with Crippen LogP contribution in [0.3, 0.4) is 0 Å². The molecule has 0 amide bonds. The van der Waals surface area contributed by atoms with Crippen LogP contribution in [0.2, 0.25) is 0 Å². The van der Waals surface area contributed by atoms with Gasteiger partial charge in [-0.3, -0.25) is 4.99 Å². The number of hydrogen-bond donors (Lipinski definition) is 0. The molecule has 12 aromatic rings. The first-order valence-corrected chi connectivity index (χ1v) is 28.8. The molecule has 0 radical (unpaired) electrons. The second-order valence-electron chi connectivity index (χ2n) is 21.8. The smallest absolute Gasteiger partial charge is 0.135 e. The van der Waals surface area contributed by atoms with Gasteiger partial charge in [-0.15, -0.1) is 0 Å². The second-order valence-corrected chi connectivity index (χ2v) is 21.8. The van der Waals surface area contributed by atoms with Gasteiger partial charge in [-0.05, 0) is 136 Å². The van der Waals surface area contributed by atoms with Crippen molar-refractivity contribution >= 4 is 78.6 Å². The SMILES string of the molecule is CCC/C=C(/N=C(\C(CC)=C(/C)c1ccc(-c2ccccc2)cc1)C1CC=Cc2oc3ccc(-c4cccc(C5Cc6c(oc7ccccc67)C=C5n5c6ccccc6c6cc(-c7ccccc7)ccc65)c4)cc3c21)c1ccccc1. The number of fused-ring (bicyclic) bond motifs is 9. The molecular weight excluding hydrogens is 985 g/mol. The molecule has 2 aliphatic carbocycles. The molecule has 81 heavy (non-hydrogen) atoms. The third kappa shape index (κ3) is 9.11. The normalized spacial score (nSPS) is 15.8. The summed E-state index contributed by atoms with van der Waals surface area (Å²) in [5, 5.41) is 4.77. The molecule has 2 atom stereocenters. The lowest BCUT2D eigenvalue weighted by atomic mass is 9.79. The largest absolute Gasteiger partial charge is 0.456 e. The quantitative estimate of drug-likeness (QED) is 0.108. The van der Waals surface area contributed by atoms with Crippen molar-refractivity contribution in [3.8, 4) is 33.4 Å². The first kappa shape index (κ1) is 49.8. The van der Waals surface area contributed by atoms with E-state index in [1.165, 1.54) is 88.5 Å². The lowest BCUT2D eigenvalue weighted by molar-refractivity contribution is 0.591. The Morgan fingerprint density at radius 1 is 0.543 bits per heavy atom. The first-order chi connectivity index (χ1) is 40.0. The number of aliphatic imine (C=N–C) groups is 1. The molecule has 0 aliphatic heterocycles. The molecule has 4 nitrogen and oxygen atoms in total. The molecule has 3 aromatic heterocycles. The van der Waals surface area contributed by atoms with E-state index in [1.54, 1.807) is 0 Å². The highest BCUT2D eigenvalue weighted by Crippen LogP contribution is 2.48. The molecule has 0 saturated carbocycles. The maximum Gasteiger partial charge on any atom is 0.135 e. The van der Waals surface area contributed by atoms with Gasteiger partial charge in [0, 0.05) is 56.3 Å². The molecule has 2 unspecified atom stereocenters. The van der Waals surface area contributed by atoms with Gasteiger partial charge in [0.2, 0.25) is 0 Å². The Kier molecular flexibility index (Phi) is 13.1. The predicted molar refractivity (Wildman–Crippen MR) is 341 cm³/mol. The monoisotopic (exact) mass is 1050 g/mol. The number of unbranched alkanes of at least 4 members (excludes halogenated alkanes) is 1. The van der Waals surface area contributed by atoms with Gasteiger partial charge in [-0.25, -0.2) is 0 Å². The minimum Gasteiger partial charge on any atom is -0.456 e. The maximum absolute atomic E-state index is 6.88. The van der Waals surface area contributed by atoms with Crippen molar-refractivity contribution in [2.45, 2.75) is 64.7 Å². The zero-order chi connectivity index (χ0) is 54.4. The van der Waals surface area contributed by atoms with E-state index in [0.29, 0.717) is 0 Å². The van der Waals surface area contributed by atoms with E-state index >= 15 is 0 Å². The van der Waals surface area contributed by atoms with Crippen molar-refractivity contribution in [3.63, 3.8) is 0 Å². The highest BCUT2D eigenvalue weighted by atomic mass is 16.3. The van der Waals surface area contributed by atoms with Crippen LogP contribution in [0, 0.1) is 0 Å². The van der Waals surface area contributed by atoms with E-state index in [1.807, 2.05) is 0 Å². The Morgan fingerprint density at radius 3 is 1.93 bits per heavy atom. The van der Waals surface area contributed by atoms with Crippen LogP contribution in [0.25, 0.3) is 106 Å². The molecule has 0 saturated heterocycles. The predicted octanol–water partition coefficient (Wildman–Crippen LogP) is 21.3. The van der Waals surface area contributed by atoms with Crippen molar-refractivity contribution in [2.24, 2.45) is 4.99 Å². The van der Waals surface area contributed by atoms with Crippen LogP contribution >= 0.6 is 0 Å². The van der Waals surface area contributed by atoms with Gasteiger partial charge in [0.05, 0.1) is 22.4 Å². The highest BCUT2D eigenvalue weighted by Gasteiger charge is 2.33. The molecule has 392 valence electrons. The molecule has 4 heteroatoms. The summed E-state index contributed by atoms with van der Waals surface area (Å²) < 4.78 is 16.1. The van der Waals surface area contributed by atoms with Crippen molar-refractivity contribution in [2.75, 3.05) is 0 Å². The summed E-state index contributed by atoms with van der Waals surface area (Å²) in [6, 6.07) is 81.5. The van der Waals surface area contributed by atoms with Crippen LogP contribution < -0.4 is 0 Å². The fraction of sp³-hybridized carbons (Fsp3) is 0.130. The van der Waals surface area contributed by atoms with Crippen molar-refractivity contribution in [3.05, 3.63) is 282 Å². The minimum absolute atomic E-state index is 0.0153. The van der Waals surface area contributed by atoms with Gasteiger partial charge in [0.1, 0.15) is 22.7 Å². The summed E-state index contributed by atoms with van der Waals surface area (Å²) >= 11 is 0. The van der Waals surface area contributed by atoms with Crippen LogP contribution in [0.5, 0.6) is 0 Å². The molecular formula is C77H62N2O2. The van der Waals surface area contributed by atoms with Crippen LogP contribution in [0.4, 0.5) is 0 Å². The van der Waals surface area contributed by atoms with Crippen LogP contribution in [-0.4, -0.2) is 10.3 Å². The molecule has 2 aliphatic rings. The van der Waals surface area contributed by atoms with E-state index in [9.17, 15) is 0 Å². The Balaban J connectivity index is 0.897. The Hall–Kier alpha value is -9.51. The Morgan fingerprint density at radius 2 is 1.15 bits per heavy atom. The molecule has 3 heterocycles. The summed E-state index contributed by atoms with van der Waals surface area (Å²) in [5.41, 5.74) is 23.1. The lowest BCUT2D eigenvalue weighted by Crippen LogP contribution is -2.18. The number of furan rings is 2. The standard InChI is InChI=1S/C77H62N2O2/c1-4-6-33-68(55-26-14-9-15-27-55)78-77(60(5-2)50(3)51-37-39-54(40-38-51)52-22-10-7-11-23-52)63-32-21-36-74-76(63)67-47-58(42-44-73(67)80-74)56-28-20-29-59(45-56)64-48-66-62-31-17-19-35-72(62)81-75(66)49-71(64)79-69-34-18-16-30-61(69)65-46-57(41-43-70(65)79)53-24-12-8-13-25-53/h7-31,33-47,49,63-64H,4-6,32,48H2,1-3H3/b60-50+,68-33+,78-77+. The highest BCUT2D eigenvalue weighted by molar-refractivity contribution is 6.15. The molecule has 0 spiro atoms. The zero-order valence-corrected chi connectivity index (χ0v) is 46.1. The van der Waals surface area contributed by atoms with Crippen LogP contribution in [0.15, 0.2) is 256 Å². The van der Waals surface area contributed by atoms with Gasteiger partial charge in [0.15, 0.2) is 0 Å². The first-order valence-electron chi connectivity index (χ1n) is 28.8. The number of aromatic nitrogens is 1. The van der Waals surface area contributed by atoms with Crippen molar-refractivity contribution < 1.29 is 8.83 Å². The second kappa shape index (κ2) is 21.3. The van der Waals surface area contributed by atoms with Crippen molar-refractivity contribution in [1.29, 1.82) is 0 Å². The van der Waals surface area contributed by atoms with Crippen LogP contribution in [0.1, 0.15) is 97.6 Å². The van der Waals surface area contributed by atoms with E-state index < -0.39 is 0 Å². The summed E-state index contributed by atoms with van der Waals surface area (Å²) in [6.45, 7) is 6.81. The number of benzene rings is 9. The van der Waals surface area contributed by atoms with E-state index in [-0.39, 0.29) is 11.8 Å². The fourth-order valence-corrected chi connectivity index (χ4v) is 12.9. The van der Waals surface area contributed by atoms with Crippen molar-refractivity contribution in [1.82, 2.24) is 4.57 Å². The number of rotatable bonds is 13. The maximum atomic E-state index is 6.88. The molecule has 0 N–H and O–H groups in total. The number of para-hydroxylation sites is 2. The average Bonchev–Trinajstić information content (AvgIpc) is 4.27. The van der Waals surface area contributed by atoms with E-state index in [0.717, 1.165) is 88.3 Å². The zero-order valence-electron chi connectivity index (χ0n) is 46.1. The summed E-state index contributed by atoms with van der Waals surface area (Å²) in [4.78, 5) is 5.87. The molecule has 9 aromatic carbocycles. The van der Waals surface area contributed by atoms with Gasteiger partial charge in [0.25, 0.3) is 0 Å². The Bertz CT molecular complexity index is 4500. The molecule has 0 bridgehead atoms. The topological polar surface area (TPSA) is 43.6 Å². The number of allylic oxidation sites excluding steroid dienone is 5. The van der Waals surface area contributed by atoms with Gasteiger partial charge >= 0.3 is 0 Å². The summed E-state index contributed by atoms with van der Waals surface area (Å²) in [7, 11) is 0. The van der Waals surface area contributed by atoms with E-state index in [2.05, 4.69) is 274 Å². The van der Waals surface area contributed by atoms with Gasteiger partial charge < -0.3 is 13.4 Å². The molecule has 0 fully saturated rings. The number of nitrogens with zero attached hydrogens (tertiary/aromatic N) is 2. The Labute approximate surface area is 474 Å². The molecule has 14 rings (SSSR count). The fourth-order valence-electron chi connectivity index (χ4n) is 12.9. The van der Waals surface area contributed by atoms with Gasteiger partial charge in [-0.2, -0.15) is 0 Å². The van der Waals surface area contributed by atoms with Crippen LogP contribution in [-0.2, 0) is 6.42 Å². The lowest BCUT2D eigenvalue weighted by Gasteiger charge is -2.27. The third-order valence-corrected chi connectivity index (χ3v) is 17.0. The summed E-state index contributed by atoms with van der Waals surface area (Å²) in [5.74, 6) is 1.79. The number of hydrogen-bond acceptors (Lipinski definition) is 3. The van der Waals surface area contributed by atoms with E-state index in [4.69, 9.17) is 13.8 Å². The third-order valence-electron chi connectivity index (χ3n) is 17.0. The summed E-state index contributed by atoms with van der Waals surface area (Å²) in [6.07, 6.45) is 13.5. The average molecular weight is 1050 g/mol. The van der Waals surface area contributed by atoms with Gasteiger partial charge in [-0.1, -0.05) is 220 Å².